The summed E-state index contributed by atoms with van der Waals surface area (Å²) in [4.78, 5) is 8.75. The predicted molar refractivity (Wildman–Crippen MR) is 55.5 cm³/mol. The van der Waals surface area contributed by atoms with Crippen LogP contribution >= 0.6 is 0 Å². The molecule has 1 aliphatic rings. The van der Waals surface area contributed by atoms with Gasteiger partial charge >= 0.3 is 0 Å². The Morgan fingerprint density at radius 3 is 2.79 bits per heavy atom. The first-order valence-corrected chi connectivity index (χ1v) is 4.73. The highest BCUT2D eigenvalue weighted by atomic mass is 16.5. The van der Waals surface area contributed by atoms with Gasteiger partial charge in [-0.05, 0) is 32.4 Å². The topological polar surface area (TPSA) is 34.5 Å². The van der Waals surface area contributed by atoms with Crippen LogP contribution in [0.2, 0.25) is 0 Å². The first-order valence-electron chi connectivity index (χ1n) is 4.73. The quantitative estimate of drug-likeness (QED) is 0.678. The Morgan fingerprint density at radius 2 is 2.21 bits per heavy atom. The van der Waals surface area contributed by atoms with Gasteiger partial charge in [0.25, 0.3) is 0 Å². The van der Waals surface area contributed by atoms with E-state index in [1.54, 1.807) is 6.20 Å². The van der Waals surface area contributed by atoms with Crippen LogP contribution in [0.15, 0.2) is 23.3 Å². The van der Waals surface area contributed by atoms with Crippen molar-refractivity contribution >= 4 is 5.90 Å². The van der Waals surface area contributed by atoms with Crippen LogP contribution in [0.4, 0.5) is 0 Å². The first kappa shape index (κ1) is 9.19. The molecule has 0 fully saturated rings. The molecule has 1 aromatic rings. The molecule has 0 aliphatic carbocycles. The highest BCUT2D eigenvalue weighted by molar-refractivity contribution is 5.94. The van der Waals surface area contributed by atoms with E-state index in [4.69, 9.17) is 4.74 Å². The molecular weight excluding hydrogens is 176 g/mol. The van der Waals surface area contributed by atoms with Gasteiger partial charge in [0.1, 0.15) is 12.3 Å². The summed E-state index contributed by atoms with van der Waals surface area (Å²) in [5, 5.41) is 0. The second-order valence-electron chi connectivity index (χ2n) is 4.19. The monoisotopic (exact) mass is 190 g/mol. The van der Waals surface area contributed by atoms with Gasteiger partial charge in [0, 0.05) is 6.20 Å². The van der Waals surface area contributed by atoms with Crippen molar-refractivity contribution in [2.24, 2.45) is 4.99 Å². The molecule has 2 rings (SSSR count). The van der Waals surface area contributed by atoms with Crippen LogP contribution in [0.3, 0.4) is 0 Å². The molecule has 0 saturated carbocycles. The SMILES string of the molecule is Cc1cccnc1C1=NC(C)(C)CO1. The normalized spacial score (nSPS) is 18.9. The molecule has 0 amide bonds. The summed E-state index contributed by atoms with van der Waals surface area (Å²) in [5.74, 6) is 0.674. The van der Waals surface area contributed by atoms with E-state index < -0.39 is 0 Å². The molecule has 1 aromatic heterocycles. The average Bonchev–Trinajstić information content (AvgIpc) is 2.47. The van der Waals surface area contributed by atoms with E-state index in [0.717, 1.165) is 11.3 Å². The molecular formula is C11H14N2O. The Labute approximate surface area is 83.8 Å². The second kappa shape index (κ2) is 3.08. The number of aliphatic imine (C=N–C) groups is 1. The van der Waals surface area contributed by atoms with E-state index in [9.17, 15) is 0 Å². The minimum atomic E-state index is -0.112. The van der Waals surface area contributed by atoms with Crippen LogP contribution in [0.1, 0.15) is 25.1 Å². The van der Waals surface area contributed by atoms with Gasteiger partial charge in [-0.25, -0.2) is 4.99 Å². The van der Waals surface area contributed by atoms with Gasteiger partial charge in [-0.1, -0.05) is 6.07 Å². The molecule has 0 N–H and O–H groups in total. The van der Waals surface area contributed by atoms with Crippen molar-refractivity contribution in [3.63, 3.8) is 0 Å². The maximum Gasteiger partial charge on any atom is 0.236 e. The molecule has 0 radical (unpaired) electrons. The van der Waals surface area contributed by atoms with Crippen LogP contribution < -0.4 is 0 Å². The number of rotatable bonds is 1. The van der Waals surface area contributed by atoms with Gasteiger partial charge in [-0.3, -0.25) is 4.98 Å². The number of hydrogen-bond acceptors (Lipinski definition) is 3. The largest absolute Gasteiger partial charge is 0.474 e. The van der Waals surface area contributed by atoms with E-state index in [-0.39, 0.29) is 5.54 Å². The third-order valence-electron chi connectivity index (χ3n) is 2.18. The minimum absolute atomic E-state index is 0.112. The molecule has 14 heavy (non-hydrogen) atoms. The Balaban J connectivity index is 2.38. The summed E-state index contributed by atoms with van der Waals surface area (Å²) in [5.41, 5.74) is 1.85. The fourth-order valence-electron chi connectivity index (χ4n) is 1.42. The average molecular weight is 190 g/mol. The zero-order chi connectivity index (χ0) is 10.2. The first-order chi connectivity index (χ1) is 6.58. The smallest absolute Gasteiger partial charge is 0.236 e. The minimum Gasteiger partial charge on any atom is -0.474 e. The van der Waals surface area contributed by atoms with Crippen molar-refractivity contribution in [3.8, 4) is 0 Å². The number of hydrogen-bond donors (Lipinski definition) is 0. The summed E-state index contributed by atoms with van der Waals surface area (Å²) in [6.45, 7) is 6.76. The Bertz CT molecular complexity index is 383. The molecule has 0 saturated heterocycles. The Morgan fingerprint density at radius 1 is 1.43 bits per heavy atom. The highest BCUT2D eigenvalue weighted by Crippen LogP contribution is 2.20. The lowest BCUT2D eigenvalue weighted by Gasteiger charge is -2.07. The van der Waals surface area contributed by atoms with Gasteiger partial charge in [0.05, 0.1) is 5.54 Å². The van der Waals surface area contributed by atoms with Crippen LogP contribution in [-0.2, 0) is 4.74 Å². The van der Waals surface area contributed by atoms with Crippen LogP contribution in [0, 0.1) is 6.92 Å². The zero-order valence-electron chi connectivity index (χ0n) is 8.74. The standard InChI is InChI=1S/C11H14N2O/c1-8-5-4-6-12-9(8)10-13-11(2,3)7-14-10/h4-6H,7H2,1-3H3. The summed E-state index contributed by atoms with van der Waals surface area (Å²) in [6.07, 6.45) is 1.76. The summed E-state index contributed by atoms with van der Waals surface area (Å²) < 4.78 is 5.52. The Hall–Kier alpha value is -1.38. The fourth-order valence-corrected chi connectivity index (χ4v) is 1.42. The predicted octanol–water partition coefficient (Wildman–Crippen LogP) is 1.95. The molecule has 0 atom stereocenters. The van der Waals surface area contributed by atoms with Gasteiger partial charge < -0.3 is 4.74 Å². The van der Waals surface area contributed by atoms with E-state index >= 15 is 0 Å². The summed E-state index contributed by atoms with van der Waals surface area (Å²) >= 11 is 0. The highest BCUT2D eigenvalue weighted by Gasteiger charge is 2.28. The van der Waals surface area contributed by atoms with E-state index in [1.165, 1.54) is 0 Å². The van der Waals surface area contributed by atoms with Crippen molar-refractivity contribution < 1.29 is 4.74 Å². The van der Waals surface area contributed by atoms with Crippen LogP contribution in [-0.4, -0.2) is 23.0 Å². The third kappa shape index (κ3) is 1.62. The van der Waals surface area contributed by atoms with Crippen molar-refractivity contribution in [3.05, 3.63) is 29.6 Å². The molecule has 0 bridgehead atoms. The number of aryl methyl sites for hydroxylation is 1. The number of aromatic nitrogens is 1. The van der Waals surface area contributed by atoms with Gasteiger partial charge in [-0.15, -0.1) is 0 Å². The van der Waals surface area contributed by atoms with Crippen LogP contribution in [0.5, 0.6) is 0 Å². The van der Waals surface area contributed by atoms with Gasteiger partial charge in [0.2, 0.25) is 5.90 Å². The molecule has 3 nitrogen and oxygen atoms in total. The maximum atomic E-state index is 5.52. The molecule has 3 heteroatoms. The fraction of sp³-hybridized carbons (Fsp3) is 0.455. The van der Waals surface area contributed by atoms with Gasteiger partial charge in [-0.2, -0.15) is 0 Å². The summed E-state index contributed by atoms with van der Waals surface area (Å²) in [7, 11) is 0. The number of nitrogens with zero attached hydrogens (tertiary/aromatic N) is 2. The lowest BCUT2D eigenvalue weighted by atomic mass is 10.1. The number of pyridine rings is 1. The lowest BCUT2D eigenvalue weighted by molar-refractivity contribution is 0.279. The maximum absolute atomic E-state index is 5.52. The van der Waals surface area contributed by atoms with E-state index in [1.807, 2.05) is 19.1 Å². The van der Waals surface area contributed by atoms with Crippen LogP contribution in [0.25, 0.3) is 0 Å². The number of ether oxygens (including phenoxy) is 1. The Kier molecular flexibility index (Phi) is 2.02. The van der Waals surface area contributed by atoms with E-state index in [0.29, 0.717) is 12.5 Å². The molecule has 1 aliphatic heterocycles. The molecule has 0 unspecified atom stereocenters. The lowest BCUT2D eigenvalue weighted by Crippen LogP contribution is -2.17. The van der Waals surface area contributed by atoms with Gasteiger partial charge in [0.15, 0.2) is 0 Å². The molecule has 0 spiro atoms. The molecule has 2 heterocycles. The van der Waals surface area contributed by atoms with Crippen molar-refractivity contribution in [2.75, 3.05) is 6.61 Å². The third-order valence-corrected chi connectivity index (χ3v) is 2.18. The van der Waals surface area contributed by atoms with Crippen molar-refractivity contribution in [2.45, 2.75) is 26.3 Å². The van der Waals surface area contributed by atoms with Crippen molar-refractivity contribution in [1.29, 1.82) is 0 Å². The van der Waals surface area contributed by atoms with E-state index in [2.05, 4.69) is 23.8 Å². The molecule has 74 valence electrons. The van der Waals surface area contributed by atoms with Crippen molar-refractivity contribution in [1.82, 2.24) is 4.98 Å². The molecule has 0 aromatic carbocycles. The second-order valence-corrected chi connectivity index (χ2v) is 4.19. The zero-order valence-corrected chi connectivity index (χ0v) is 8.74. The summed E-state index contributed by atoms with van der Waals surface area (Å²) in [6, 6.07) is 3.93.